The number of aliphatic hydroxyl groups is 1. The Morgan fingerprint density at radius 3 is 2.48 bits per heavy atom. The number of halogens is 3. The molecular weight excluding hydrogens is 384 g/mol. The first-order valence-corrected chi connectivity index (χ1v) is 10.0. The van der Waals surface area contributed by atoms with Gasteiger partial charge in [0.1, 0.15) is 11.4 Å². The molecule has 0 aliphatic rings. The zero-order chi connectivity index (χ0) is 19.8. The lowest BCUT2D eigenvalue weighted by molar-refractivity contribution is 0.0385. The van der Waals surface area contributed by atoms with Crippen molar-refractivity contribution in [1.29, 1.82) is 0 Å². The minimum absolute atomic E-state index is 0.0514. The van der Waals surface area contributed by atoms with Crippen LogP contribution in [0, 0.1) is 5.82 Å². The molecule has 0 saturated carbocycles. The van der Waals surface area contributed by atoms with E-state index in [9.17, 15) is 9.50 Å². The van der Waals surface area contributed by atoms with Crippen LogP contribution in [0.5, 0.6) is 0 Å². The lowest BCUT2D eigenvalue weighted by atomic mass is 9.95. The molecular formula is C22H24Cl2FNO. The lowest BCUT2D eigenvalue weighted by Crippen LogP contribution is -2.28. The van der Waals surface area contributed by atoms with Crippen molar-refractivity contribution in [3.8, 4) is 0 Å². The van der Waals surface area contributed by atoms with Gasteiger partial charge >= 0.3 is 0 Å². The van der Waals surface area contributed by atoms with E-state index >= 15 is 0 Å². The fraction of sp³-hybridized carbons (Fsp3) is 0.364. The Balaban J connectivity index is 2.14. The number of benzene rings is 2. The van der Waals surface area contributed by atoms with Gasteiger partial charge in [-0.2, -0.15) is 0 Å². The lowest BCUT2D eigenvalue weighted by Gasteiger charge is -2.27. The highest BCUT2D eigenvalue weighted by molar-refractivity contribution is 6.31. The van der Waals surface area contributed by atoms with Gasteiger partial charge in [-0.05, 0) is 61.2 Å². The number of aryl methyl sites for hydroxylation is 1. The summed E-state index contributed by atoms with van der Waals surface area (Å²) < 4.78 is 16.1. The fourth-order valence-electron chi connectivity index (χ4n) is 3.78. The summed E-state index contributed by atoms with van der Waals surface area (Å²) in [5.74, 6) is -0.526. The largest absolute Gasteiger partial charge is 0.384 e. The van der Waals surface area contributed by atoms with Crippen molar-refractivity contribution in [3.63, 3.8) is 0 Å². The topological polar surface area (TPSA) is 25.2 Å². The minimum Gasteiger partial charge on any atom is -0.384 e. The number of hydrogen-bond acceptors (Lipinski definition) is 1. The Kier molecular flexibility index (Phi) is 5.85. The van der Waals surface area contributed by atoms with Crippen molar-refractivity contribution in [2.75, 3.05) is 0 Å². The Bertz CT molecular complexity index is 978. The molecule has 1 atom stereocenters. The van der Waals surface area contributed by atoms with Gasteiger partial charge in [-0.3, -0.25) is 0 Å². The Morgan fingerprint density at radius 1 is 1.11 bits per heavy atom. The highest BCUT2D eigenvalue weighted by Gasteiger charge is 2.28. The van der Waals surface area contributed by atoms with E-state index < -0.39 is 11.4 Å². The molecule has 0 radical (unpaired) electrons. The second-order valence-corrected chi connectivity index (χ2v) is 8.02. The number of rotatable bonds is 6. The third-order valence-corrected chi connectivity index (χ3v) is 5.64. The second-order valence-electron chi connectivity index (χ2n) is 7.18. The molecule has 5 heteroatoms. The highest BCUT2D eigenvalue weighted by Crippen LogP contribution is 2.34. The first-order valence-electron chi connectivity index (χ1n) is 9.25. The van der Waals surface area contributed by atoms with Gasteiger partial charge in [0.25, 0.3) is 0 Å². The fourth-order valence-corrected chi connectivity index (χ4v) is 4.07. The third-order valence-electron chi connectivity index (χ3n) is 5.10. The molecule has 1 unspecified atom stereocenters. The molecule has 0 bridgehead atoms. The molecule has 27 heavy (non-hydrogen) atoms. The predicted octanol–water partition coefficient (Wildman–Crippen LogP) is 6.51. The molecule has 0 spiro atoms. The van der Waals surface area contributed by atoms with E-state index in [1.807, 2.05) is 18.2 Å². The molecule has 144 valence electrons. The number of nitrogens with zero attached hydrogens (tertiary/aromatic N) is 1. The first kappa shape index (κ1) is 20.2. The molecule has 2 aromatic carbocycles. The van der Waals surface area contributed by atoms with Crippen molar-refractivity contribution < 1.29 is 9.50 Å². The molecule has 0 saturated heterocycles. The van der Waals surface area contributed by atoms with E-state index in [0.717, 1.165) is 30.2 Å². The summed E-state index contributed by atoms with van der Waals surface area (Å²) in [4.78, 5) is 0. The second kappa shape index (κ2) is 7.83. The third kappa shape index (κ3) is 3.87. The molecule has 3 rings (SSSR count). The van der Waals surface area contributed by atoms with Crippen LogP contribution >= 0.6 is 23.2 Å². The Hall–Kier alpha value is -1.55. The summed E-state index contributed by atoms with van der Waals surface area (Å²) >= 11 is 12.0. The molecule has 1 N–H and O–H groups in total. The summed E-state index contributed by atoms with van der Waals surface area (Å²) in [7, 11) is 0. The minimum atomic E-state index is -1.25. The predicted molar refractivity (Wildman–Crippen MR) is 111 cm³/mol. The first-order chi connectivity index (χ1) is 12.8. The molecule has 0 amide bonds. The van der Waals surface area contributed by atoms with Gasteiger partial charge in [-0.15, -0.1) is 0 Å². The molecule has 2 nitrogen and oxygen atoms in total. The van der Waals surface area contributed by atoms with Crippen molar-refractivity contribution >= 4 is 34.1 Å². The van der Waals surface area contributed by atoms with E-state index in [1.54, 1.807) is 13.0 Å². The maximum atomic E-state index is 13.9. The van der Waals surface area contributed by atoms with Crippen molar-refractivity contribution in [3.05, 3.63) is 69.1 Å². The zero-order valence-corrected chi connectivity index (χ0v) is 17.3. The van der Waals surface area contributed by atoms with Crippen molar-refractivity contribution in [2.24, 2.45) is 0 Å². The smallest absolute Gasteiger partial charge is 0.142 e. The average Bonchev–Trinajstić information content (AvgIpc) is 2.89. The van der Waals surface area contributed by atoms with E-state index in [2.05, 4.69) is 18.4 Å². The van der Waals surface area contributed by atoms with E-state index in [4.69, 9.17) is 23.2 Å². The van der Waals surface area contributed by atoms with E-state index in [-0.39, 0.29) is 5.02 Å². The quantitative estimate of drug-likeness (QED) is 0.494. The summed E-state index contributed by atoms with van der Waals surface area (Å²) in [5, 5.41) is 13.1. The van der Waals surface area contributed by atoms with Gasteiger partial charge in [0.15, 0.2) is 0 Å². The monoisotopic (exact) mass is 407 g/mol. The molecule has 0 aliphatic heterocycles. The van der Waals surface area contributed by atoms with E-state index in [0.29, 0.717) is 17.1 Å². The number of aromatic nitrogens is 1. The highest BCUT2D eigenvalue weighted by atomic mass is 35.5. The standard InChI is InChI=1S/C22H24Cl2FNO/c1-4-6-20-16(5-2)17-12-15(23)8-10-21(17)26(20)13-22(3,27)14-7-9-18(24)19(25)11-14/h7-12,27H,4-6,13H2,1-3H3. The number of hydrogen-bond donors (Lipinski definition) is 1. The van der Waals surface area contributed by atoms with Gasteiger partial charge in [-0.25, -0.2) is 4.39 Å². The zero-order valence-electron chi connectivity index (χ0n) is 15.8. The van der Waals surface area contributed by atoms with Crippen LogP contribution in [0.1, 0.15) is 44.0 Å². The van der Waals surface area contributed by atoms with Crippen LogP contribution < -0.4 is 0 Å². The number of fused-ring (bicyclic) bond motifs is 1. The Labute approximate surface area is 169 Å². The molecule has 0 fully saturated rings. The van der Waals surface area contributed by atoms with Gasteiger partial charge < -0.3 is 9.67 Å². The summed E-state index contributed by atoms with van der Waals surface area (Å²) in [6.45, 7) is 6.30. The molecule has 1 aromatic heterocycles. The summed E-state index contributed by atoms with van der Waals surface area (Å²) in [6, 6.07) is 10.3. The van der Waals surface area contributed by atoms with Crippen LogP contribution in [0.15, 0.2) is 36.4 Å². The van der Waals surface area contributed by atoms with Gasteiger partial charge in [-0.1, -0.05) is 49.5 Å². The SMILES string of the molecule is CCCc1c(CC)c2cc(Cl)ccc2n1CC(C)(O)c1ccc(Cl)c(F)c1. The summed E-state index contributed by atoms with van der Waals surface area (Å²) in [6.07, 6.45) is 2.78. The van der Waals surface area contributed by atoms with Crippen LogP contribution in [-0.4, -0.2) is 9.67 Å². The maximum Gasteiger partial charge on any atom is 0.142 e. The maximum absolute atomic E-state index is 13.9. The van der Waals surface area contributed by atoms with Crippen LogP contribution in [0.2, 0.25) is 10.0 Å². The van der Waals surface area contributed by atoms with Gasteiger partial charge in [0.2, 0.25) is 0 Å². The molecule has 1 heterocycles. The van der Waals surface area contributed by atoms with Crippen LogP contribution in [0.3, 0.4) is 0 Å². The van der Waals surface area contributed by atoms with E-state index in [1.165, 1.54) is 23.4 Å². The summed E-state index contributed by atoms with van der Waals surface area (Å²) in [5.41, 5.74) is 2.75. The van der Waals surface area contributed by atoms with Gasteiger partial charge in [0.05, 0.1) is 11.6 Å². The van der Waals surface area contributed by atoms with Crippen LogP contribution in [0.25, 0.3) is 10.9 Å². The van der Waals surface area contributed by atoms with Crippen LogP contribution in [-0.2, 0) is 25.0 Å². The molecule has 3 aromatic rings. The normalized spacial score (nSPS) is 13.9. The Morgan fingerprint density at radius 2 is 1.85 bits per heavy atom. The van der Waals surface area contributed by atoms with Crippen LogP contribution in [0.4, 0.5) is 4.39 Å². The van der Waals surface area contributed by atoms with Crippen molar-refractivity contribution in [2.45, 2.75) is 52.2 Å². The average molecular weight is 408 g/mol. The van der Waals surface area contributed by atoms with Crippen molar-refractivity contribution in [1.82, 2.24) is 4.57 Å². The molecule has 0 aliphatic carbocycles. The van der Waals surface area contributed by atoms with Gasteiger partial charge in [0, 0.05) is 21.6 Å².